The Labute approximate surface area is 118 Å². The molecule has 20 heavy (non-hydrogen) atoms. The van der Waals surface area contributed by atoms with Gasteiger partial charge in [0.15, 0.2) is 0 Å². The number of pyridine rings is 1. The van der Waals surface area contributed by atoms with Gasteiger partial charge in [-0.05, 0) is 31.0 Å². The molecule has 2 saturated heterocycles. The van der Waals surface area contributed by atoms with Gasteiger partial charge >= 0.3 is 0 Å². The molecule has 0 spiro atoms. The summed E-state index contributed by atoms with van der Waals surface area (Å²) in [6, 6.07) is 3.70. The number of aromatic nitrogens is 1. The molecule has 6 nitrogen and oxygen atoms in total. The predicted octanol–water partition coefficient (Wildman–Crippen LogP) is 0.688. The summed E-state index contributed by atoms with van der Waals surface area (Å²) in [5.74, 6) is 1.18. The van der Waals surface area contributed by atoms with Gasteiger partial charge in [-0.1, -0.05) is 0 Å². The molecule has 0 aliphatic carbocycles. The number of hydrogen-bond acceptors (Lipinski definition) is 5. The second-order valence-electron chi connectivity index (χ2n) is 5.46. The van der Waals surface area contributed by atoms with Crippen molar-refractivity contribution in [2.45, 2.75) is 6.42 Å². The molecular weight excluding hydrogens is 256 g/mol. The molecule has 1 aromatic rings. The van der Waals surface area contributed by atoms with E-state index in [0.29, 0.717) is 19.1 Å². The Morgan fingerprint density at radius 3 is 3.20 bits per heavy atom. The zero-order chi connectivity index (χ0) is 14.0. The van der Waals surface area contributed by atoms with E-state index in [9.17, 15) is 4.79 Å². The molecule has 2 atom stereocenters. The molecule has 2 aliphatic heterocycles. The molecule has 0 bridgehead atoms. The van der Waals surface area contributed by atoms with Crippen LogP contribution in [-0.2, 0) is 9.53 Å². The summed E-state index contributed by atoms with van der Waals surface area (Å²) in [4.78, 5) is 16.9. The molecule has 0 aromatic carbocycles. The number of amides is 1. The van der Waals surface area contributed by atoms with Gasteiger partial charge in [-0.15, -0.1) is 0 Å². The molecule has 1 aromatic heterocycles. The Hall–Kier alpha value is -1.66. The minimum atomic E-state index is -0.431. The van der Waals surface area contributed by atoms with Crippen molar-refractivity contribution in [1.82, 2.24) is 10.3 Å². The lowest BCUT2D eigenvalue weighted by Crippen LogP contribution is -2.49. The van der Waals surface area contributed by atoms with Crippen LogP contribution in [0.2, 0.25) is 0 Å². The van der Waals surface area contributed by atoms with Crippen molar-refractivity contribution in [3.63, 3.8) is 0 Å². The van der Waals surface area contributed by atoms with Crippen molar-refractivity contribution in [1.29, 1.82) is 0 Å². The monoisotopic (exact) mass is 276 g/mol. The van der Waals surface area contributed by atoms with Crippen LogP contribution in [0.1, 0.15) is 6.42 Å². The summed E-state index contributed by atoms with van der Waals surface area (Å²) in [6.45, 7) is 2.83. The fourth-order valence-electron chi connectivity index (χ4n) is 3.04. The average molecular weight is 276 g/mol. The Morgan fingerprint density at radius 1 is 1.55 bits per heavy atom. The van der Waals surface area contributed by atoms with E-state index in [1.54, 1.807) is 6.20 Å². The van der Waals surface area contributed by atoms with Gasteiger partial charge in [-0.25, -0.2) is 4.98 Å². The van der Waals surface area contributed by atoms with Crippen LogP contribution in [0, 0.1) is 11.3 Å². The highest BCUT2D eigenvalue weighted by Gasteiger charge is 2.50. The second-order valence-corrected chi connectivity index (χ2v) is 5.46. The molecule has 3 heterocycles. The summed E-state index contributed by atoms with van der Waals surface area (Å²) in [5.41, 5.74) is 0.291. The van der Waals surface area contributed by atoms with E-state index in [4.69, 9.17) is 4.74 Å². The van der Waals surface area contributed by atoms with Gasteiger partial charge in [-0.3, -0.25) is 4.79 Å². The largest absolute Gasteiger partial charge is 0.380 e. The Balaban J connectivity index is 1.74. The van der Waals surface area contributed by atoms with Gasteiger partial charge in [0, 0.05) is 20.2 Å². The Bertz CT molecular complexity index is 490. The third-order valence-corrected chi connectivity index (χ3v) is 4.31. The maximum Gasteiger partial charge on any atom is 0.234 e. The predicted molar refractivity (Wildman–Crippen MR) is 76.6 cm³/mol. The lowest BCUT2D eigenvalue weighted by molar-refractivity contribution is -0.135. The molecule has 1 amide bonds. The van der Waals surface area contributed by atoms with Crippen molar-refractivity contribution < 1.29 is 9.53 Å². The first-order chi connectivity index (χ1) is 9.74. The van der Waals surface area contributed by atoms with E-state index in [-0.39, 0.29) is 5.91 Å². The van der Waals surface area contributed by atoms with Gasteiger partial charge in [0.1, 0.15) is 5.82 Å². The first kappa shape index (κ1) is 13.3. The van der Waals surface area contributed by atoms with E-state index < -0.39 is 5.41 Å². The molecule has 2 aliphatic rings. The zero-order valence-electron chi connectivity index (χ0n) is 11.6. The van der Waals surface area contributed by atoms with Crippen LogP contribution in [0.25, 0.3) is 0 Å². The summed E-state index contributed by atoms with van der Waals surface area (Å²) < 4.78 is 5.56. The Morgan fingerprint density at radius 2 is 2.45 bits per heavy atom. The summed E-state index contributed by atoms with van der Waals surface area (Å²) in [5, 5.41) is 9.25. The van der Waals surface area contributed by atoms with E-state index in [1.807, 2.05) is 19.2 Å². The van der Waals surface area contributed by atoms with Gasteiger partial charge in [0.2, 0.25) is 5.91 Å². The number of anilines is 2. The highest BCUT2D eigenvalue weighted by atomic mass is 16.5. The number of carbonyl (C=O) groups excluding carboxylic acids is 1. The number of rotatable bonds is 3. The summed E-state index contributed by atoms with van der Waals surface area (Å²) in [6.07, 6.45) is 2.61. The van der Waals surface area contributed by atoms with E-state index in [1.165, 1.54) is 0 Å². The molecular formula is C14H20N4O2. The number of nitrogens with one attached hydrogen (secondary N) is 3. The SMILES string of the molecule is CNc1ccc(NC(=O)[C@]23CNC[C@H]2CCOC3)cn1. The molecule has 0 unspecified atom stereocenters. The molecule has 0 saturated carbocycles. The molecule has 3 N–H and O–H groups in total. The second kappa shape index (κ2) is 5.38. The summed E-state index contributed by atoms with van der Waals surface area (Å²) in [7, 11) is 1.81. The lowest BCUT2D eigenvalue weighted by atomic mass is 9.75. The van der Waals surface area contributed by atoms with Gasteiger partial charge in [0.25, 0.3) is 0 Å². The number of hydrogen-bond donors (Lipinski definition) is 3. The molecule has 2 fully saturated rings. The number of fused-ring (bicyclic) bond motifs is 1. The normalized spacial score (nSPS) is 28.8. The van der Waals surface area contributed by atoms with Crippen molar-refractivity contribution in [3.8, 4) is 0 Å². The maximum absolute atomic E-state index is 12.7. The van der Waals surface area contributed by atoms with Gasteiger partial charge in [0.05, 0.1) is 23.9 Å². The van der Waals surface area contributed by atoms with Crippen LogP contribution >= 0.6 is 0 Å². The van der Waals surface area contributed by atoms with Crippen molar-refractivity contribution >= 4 is 17.4 Å². The van der Waals surface area contributed by atoms with Gasteiger partial charge in [-0.2, -0.15) is 0 Å². The van der Waals surface area contributed by atoms with Gasteiger partial charge < -0.3 is 20.7 Å². The highest BCUT2D eigenvalue weighted by Crippen LogP contribution is 2.38. The molecule has 3 rings (SSSR count). The Kier molecular flexibility index (Phi) is 3.58. The third kappa shape index (κ3) is 2.25. The van der Waals surface area contributed by atoms with Crippen molar-refractivity contribution in [2.75, 3.05) is 44.0 Å². The zero-order valence-corrected chi connectivity index (χ0v) is 11.6. The first-order valence-electron chi connectivity index (χ1n) is 6.98. The molecule has 0 radical (unpaired) electrons. The highest BCUT2D eigenvalue weighted by molar-refractivity contribution is 5.96. The minimum absolute atomic E-state index is 0.0335. The van der Waals surface area contributed by atoms with Crippen LogP contribution in [0.4, 0.5) is 11.5 Å². The average Bonchev–Trinajstić information content (AvgIpc) is 2.93. The fourth-order valence-corrected chi connectivity index (χ4v) is 3.04. The van der Waals surface area contributed by atoms with Crippen LogP contribution in [-0.4, -0.2) is 44.2 Å². The number of carbonyl (C=O) groups is 1. The quantitative estimate of drug-likeness (QED) is 0.757. The van der Waals surface area contributed by atoms with Crippen LogP contribution < -0.4 is 16.0 Å². The van der Waals surface area contributed by atoms with E-state index in [2.05, 4.69) is 20.9 Å². The van der Waals surface area contributed by atoms with Crippen molar-refractivity contribution in [3.05, 3.63) is 18.3 Å². The summed E-state index contributed by atoms with van der Waals surface area (Å²) >= 11 is 0. The number of ether oxygens (including phenoxy) is 1. The fraction of sp³-hybridized carbons (Fsp3) is 0.571. The van der Waals surface area contributed by atoms with Crippen LogP contribution in [0.15, 0.2) is 18.3 Å². The molecule has 108 valence electrons. The third-order valence-electron chi connectivity index (χ3n) is 4.31. The topological polar surface area (TPSA) is 75.3 Å². The van der Waals surface area contributed by atoms with E-state index in [0.717, 1.165) is 31.1 Å². The maximum atomic E-state index is 12.7. The van der Waals surface area contributed by atoms with Crippen LogP contribution in [0.3, 0.4) is 0 Å². The van der Waals surface area contributed by atoms with Crippen LogP contribution in [0.5, 0.6) is 0 Å². The lowest BCUT2D eigenvalue weighted by Gasteiger charge is -2.36. The standard InChI is InChI=1S/C14H20N4O2/c1-15-12-3-2-11(7-17-12)18-13(19)14-8-16-6-10(14)4-5-20-9-14/h2-3,7,10,16H,4-6,8-9H2,1H3,(H,15,17)(H,18,19)/t10-,14+/m1/s1. The first-order valence-corrected chi connectivity index (χ1v) is 6.98. The smallest absolute Gasteiger partial charge is 0.234 e. The van der Waals surface area contributed by atoms with E-state index >= 15 is 0 Å². The molecule has 6 heteroatoms. The van der Waals surface area contributed by atoms with Crippen molar-refractivity contribution in [2.24, 2.45) is 11.3 Å². The number of nitrogens with zero attached hydrogens (tertiary/aromatic N) is 1. The minimum Gasteiger partial charge on any atom is -0.380 e.